The molecule has 0 aromatic heterocycles. The number of ether oxygens (including phenoxy) is 1. The predicted molar refractivity (Wildman–Crippen MR) is 51.0 cm³/mol. The summed E-state index contributed by atoms with van der Waals surface area (Å²) in [5.74, 6) is 1.38. The molecule has 0 bridgehead atoms. The number of rotatable bonds is 0. The van der Waals surface area contributed by atoms with Crippen LogP contribution < -0.4 is 0 Å². The van der Waals surface area contributed by atoms with Gasteiger partial charge < -0.3 is 4.74 Å². The van der Waals surface area contributed by atoms with Crippen LogP contribution >= 0.6 is 48.8 Å². The SMILES string of the molecule is SC1=C(S)SCOCS1. The fourth-order valence-electron chi connectivity index (χ4n) is 0.352. The van der Waals surface area contributed by atoms with Crippen LogP contribution in [0.25, 0.3) is 0 Å². The zero-order valence-corrected chi connectivity index (χ0v) is 7.96. The summed E-state index contributed by atoms with van der Waals surface area (Å²) in [6.45, 7) is 0. The summed E-state index contributed by atoms with van der Waals surface area (Å²) in [5, 5.41) is 0. The highest BCUT2D eigenvalue weighted by atomic mass is 32.2. The monoisotopic (exact) mass is 198 g/mol. The molecule has 0 atom stereocenters. The lowest BCUT2D eigenvalue weighted by molar-refractivity contribution is 0.242. The molecule has 0 amide bonds. The molecule has 52 valence electrons. The second kappa shape index (κ2) is 4.08. The first-order valence-corrected chi connectivity index (χ1v) is 5.13. The summed E-state index contributed by atoms with van der Waals surface area (Å²) in [4.78, 5) is 0. The van der Waals surface area contributed by atoms with Gasteiger partial charge in [0.05, 0.1) is 20.4 Å². The Morgan fingerprint density at radius 2 is 1.56 bits per heavy atom. The Hall–Kier alpha value is 1.10. The summed E-state index contributed by atoms with van der Waals surface area (Å²) in [6, 6.07) is 0. The summed E-state index contributed by atoms with van der Waals surface area (Å²) < 4.78 is 7.04. The molecule has 0 radical (unpaired) electrons. The van der Waals surface area contributed by atoms with Crippen molar-refractivity contribution in [2.45, 2.75) is 0 Å². The minimum Gasteiger partial charge on any atom is -0.360 e. The molecular formula is C4H6OS4. The van der Waals surface area contributed by atoms with Crippen LogP contribution in [0.5, 0.6) is 0 Å². The quantitative estimate of drug-likeness (QED) is 0.579. The van der Waals surface area contributed by atoms with Crippen LogP contribution in [0, 0.1) is 0 Å². The van der Waals surface area contributed by atoms with Crippen LogP contribution in [0.15, 0.2) is 8.47 Å². The van der Waals surface area contributed by atoms with E-state index in [-0.39, 0.29) is 0 Å². The van der Waals surface area contributed by atoms with Gasteiger partial charge in [-0.25, -0.2) is 0 Å². The van der Waals surface area contributed by atoms with Crippen molar-refractivity contribution in [2.24, 2.45) is 0 Å². The van der Waals surface area contributed by atoms with Gasteiger partial charge in [-0.1, -0.05) is 23.5 Å². The zero-order chi connectivity index (χ0) is 6.69. The van der Waals surface area contributed by atoms with E-state index in [1.165, 1.54) is 0 Å². The van der Waals surface area contributed by atoms with Gasteiger partial charge in [0.1, 0.15) is 0 Å². The van der Waals surface area contributed by atoms with Gasteiger partial charge in [0, 0.05) is 0 Å². The fourth-order valence-corrected chi connectivity index (χ4v) is 2.32. The van der Waals surface area contributed by atoms with Crippen molar-refractivity contribution in [3.05, 3.63) is 8.47 Å². The van der Waals surface area contributed by atoms with Crippen LogP contribution in [0.1, 0.15) is 0 Å². The van der Waals surface area contributed by atoms with Crippen LogP contribution in [-0.2, 0) is 4.74 Å². The highest BCUT2D eigenvalue weighted by molar-refractivity contribution is 8.21. The minimum atomic E-state index is 0.690. The lowest BCUT2D eigenvalue weighted by atomic mass is 11.2. The van der Waals surface area contributed by atoms with E-state index in [1.807, 2.05) is 0 Å². The molecule has 0 saturated carbocycles. The van der Waals surface area contributed by atoms with Crippen molar-refractivity contribution in [3.8, 4) is 0 Å². The number of thiol groups is 2. The van der Waals surface area contributed by atoms with E-state index in [9.17, 15) is 0 Å². The third-order valence-electron chi connectivity index (χ3n) is 0.741. The Morgan fingerprint density at radius 3 is 2.00 bits per heavy atom. The highest BCUT2D eigenvalue weighted by Crippen LogP contribution is 2.35. The van der Waals surface area contributed by atoms with E-state index in [0.29, 0.717) is 11.9 Å². The molecule has 1 rings (SSSR count). The van der Waals surface area contributed by atoms with Gasteiger partial charge in [0.25, 0.3) is 0 Å². The second-order valence-electron chi connectivity index (χ2n) is 1.34. The van der Waals surface area contributed by atoms with Gasteiger partial charge in [-0.2, -0.15) is 0 Å². The van der Waals surface area contributed by atoms with Crippen LogP contribution in [-0.4, -0.2) is 11.9 Å². The molecule has 1 heterocycles. The van der Waals surface area contributed by atoms with Crippen molar-refractivity contribution in [1.29, 1.82) is 0 Å². The molecule has 0 saturated heterocycles. The maximum absolute atomic E-state index is 5.12. The normalized spacial score (nSPS) is 22.0. The molecule has 0 N–H and O–H groups in total. The molecule has 0 aromatic rings. The number of hydrogen-bond donors (Lipinski definition) is 2. The number of thioether (sulfide) groups is 2. The Kier molecular flexibility index (Phi) is 3.72. The average Bonchev–Trinajstić information content (AvgIpc) is 1.99. The van der Waals surface area contributed by atoms with Crippen LogP contribution in [0.2, 0.25) is 0 Å². The van der Waals surface area contributed by atoms with Crippen LogP contribution in [0.4, 0.5) is 0 Å². The second-order valence-corrected chi connectivity index (χ2v) is 4.70. The first kappa shape index (κ1) is 8.20. The lowest BCUT2D eigenvalue weighted by Crippen LogP contribution is -1.83. The largest absolute Gasteiger partial charge is 0.360 e. The molecule has 0 unspecified atom stereocenters. The Morgan fingerprint density at radius 1 is 1.11 bits per heavy atom. The Labute approximate surface area is 73.8 Å². The molecule has 1 aliphatic heterocycles. The third-order valence-corrected chi connectivity index (χ3v) is 4.10. The first-order valence-electron chi connectivity index (χ1n) is 2.26. The summed E-state index contributed by atoms with van der Waals surface area (Å²) in [5.41, 5.74) is 0. The topological polar surface area (TPSA) is 9.23 Å². The standard InChI is InChI=1S/C4H6OS4/c6-3-4(7)9-2-5-1-8-3/h6-7H,1-2H2. The minimum absolute atomic E-state index is 0.690. The Balaban J connectivity index is 2.55. The van der Waals surface area contributed by atoms with E-state index in [4.69, 9.17) is 4.74 Å². The van der Waals surface area contributed by atoms with E-state index in [2.05, 4.69) is 25.3 Å². The molecule has 1 nitrogen and oxygen atoms in total. The molecular weight excluding hydrogens is 192 g/mol. The van der Waals surface area contributed by atoms with Gasteiger partial charge in [-0.3, -0.25) is 0 Å². The van der Waals surface area contributed by atoms with E-state index in [0.717, 1.165) is 8.47 Å². The maximum atomic E-state index is 5.12. The molecule has 9 heavy (non-hydrogen) atoms. The van der Waals surface area contributed by atoms with E-state index in [1.54, 1.807) is 23.5 Å². The van der Waals surface area contributed by atoms with Gasteiger partial charge in [0.2, 0.25) is 0 Å². The van der Waals surface area contributed by atoms with Crippen molar-refractivity contribution in [2.75, 3.05) is 11.9 Å². The predicted octanol–water partition coefficient (Wildman–Crippen LogP) is 2.38. The molecule has 0 spiro atoms. The van der Waals surface area contributed by atoms with Crippen LogP contribution in [0.3, 0.4) is 0 Å². The summed E-state index contributed by atoms with van der Waals surface area (Å²) >= 11 is 11.5. The Bertz CT molecular complexity index is 119. The van der Waals surface area contributed by atoms with Gasteiger partial charge >= 0.3 is 0 Å². The zero-order valence-electron chi connectivity index (χ0n) is 4.53. The maximum Gasteiger partial charge on any atom is 0.0984 e. The smallest absolute Gasteiger partial charge is 0.0984 e. The fraction of sp³-hybridized carbons (Fsp3) is 0.500. The van der Waals surface area contributed by atoms with Gasteiger partial charge in [0.15, 0.2) is 0 Å². The van der Waals surface area contributed by atoms with E-state index >= 15 is 0 Å². The van der Waals surface area contributed by atoms with E-state index < -0.39 is 0 Å². The molecule has 5 heteroatoms. The number of hydrogen-bond acceptors (Lipinski definition) is 5. The van der Waals surface area contributed by atoms with Crippen molar-refractivity contribution >= 4 is 48.8 Å². The molecule has 0 fully saturated rings. The lowest BCUT2D eigenvalue weighted by Gasteiger charge is -1.94. The van der Waals surface area contributed by atoms with Gasteiger partial charge in [-0.15, -0.1) is 25.3 Å². The third kappa shape index (κ3) is 2.67. The summed E-state index contributed by atoms with van der Waals surface area (Å²) in [7, 11) is 0. The van der Waals surface area contributed by atoms with Crippen molar-refractivity contribution in [3.63, 3.8) is 0 Å². The van der Waals surface area contributed by atoms with Crippen molar-refractivity contribution in [1.82, 2.24) is 0 Å². The van der Waals surface area contributed by atoms with Gasteiger partial charge in [-0.05, 0) is 0 Å². The average molecular weight is 198 g/mol. The molecule has 0 aromatic carbocycles. The molecule has 0 aliphatic carbocycles. The molecule has 1 aliphatic rings. The first-order chi connectivity index (χ1) is 4.30. The summed E-state index contributed by atoms with van der Waals surface area (Å²) in [6.07, 6.45) is 0. The van der Waals surface area contributed by atoms with Crippen molar-refractivity contribution < 1.29 is 4.74 Å². The highest BCUT2D eigenvalue weighted by Gasteiger charge is 2.05.